The van der Waals surface area contributed by atoms with E-state index < -0.39 is 0 Å². The van der Waals surface area contributed by atoms with Crippen LogP contribution in [0.2, 0.25) is 0 Å². The second kappa shape index (κ2) is 3.25. The minimum atomic E-state index is -0.0288. The Morgan fingerprint density at radius 1 is 1.44 bits per heavy atom. The lowest BCUT2D eigenvalue weighted by Crippen LogP contribution is -2.26. The van der Waals surface area contributed by atoms with Crippen LogP contribution in [0.3, 0.4) is 0 Å². The molecule has 0 aliphatic heterocycles. The molecule has 92 valence electrons. The van der Waals surface area contributed by atoms with E-state index in [2.05, 4.69) is 5.10 Å². The van der Waals surface area contributed by atoms with Crippen LogP contribution in [0.1, 0.15) is 18.7 Å². The van der Waals surface area contributed by atoms with Crippen LogP contribution in [0, 0.1) is 12.8 Å². The molecule has 0 saturated heterocycles. The number of nitrogens with zero attached hydrogens (tertiary/aromatic N) is 3. The van der Waals surface area contributed by atoms with Crippen LogP contribution in [-0.2, 0) is 6.54 Å². The first-order valence-electron chi connectivity index (χ1n) is 6.20. The van der Waals surface area contributed by atoms with Crippen molar-refractivity contribution in [1.29, 1.82) is 0 Å². The van der Waals surface area contributed by atoms with Gasteiger partial charge in [0.2, 0.25) is 0 Å². The van der Waals surface area contributed by atoms with Gasteiger partial charge in [0.1, 0.15) is 11.3 Å². The predicted molar refractivity (Wildman–Crippen MR) is 66.7 cm³/mol. The molecule has 0 atom stereocenters. The van der Waals surface area contributed by atoms with Gasteiger partial charge in [-0.3, -0.25) is 9.20 Å². The van der Waals surface area contributed by atoms with Gasteiger partial charge in [0.15, 0.2) is 5.58 Å². The quantitative estimate of drug-likeness (QED) is 0.691. The molecule has 1 aliphatic carbocycles. The van der Waals surface area contributed by atoms with E-state index in [0.717, 1.165) is 23.5 Å². The highest BCUT2D eigenvalue weighted by molar-refractivity contribution is 5.82. The topological polar surface area (TPSA) is 52.4 Å². The fraction of sp³-hybridized carbons (Fsp3) is 0.385. The fourth-order valence-electron chi connectivity index (χ4n) is 2.50. The molecule has 0 N–H and O–H groups in total. The van der Waals surface area contributed by atoms with Crippen molar-refractivity contribution in [3.05, 3.63) is 34.6 Å². The molecule has 0 amide bonds. The number of aromatic nitrogens is 3. The summed E-state index contributed by atoms with van der Waals surface area (Å²) < 4.78 is 8.81. The average molecular weight is 243 g/mol. The number of furan rings is 1. The second-order valence-electron chi connectivity index (χ2n) is 5.01. The van der Waals surface area contributed by atoms with Gasteiger partial charge >= 0.3 is 0 Å². The van der Waals surface area contributed by atoms with Crippen LogP contribution in [0.25, 0.3) is 16.6 Å². The Kier molecular flexibility index (Phi) is 1.79. The van der Waals surface area contributed by atoms with Crippen molar-refractivity contribution in [2.24, 2.45) is 5.92 Å². The molecule has 1 fully saturated rings. The first-order valence-corrected chi connectivity index (χ1v) is 6.20. The summed E-state index contributed by atoms with van der Waals surface area (Å²) in [7, 11) is 0. The number of hydrogen-bond donors (Lipinski definition) is 0. The SMILES string of the molecule is Cc1nn(CC2CC2)c(=O)c2cc3occc3n12. The highest BCUT2D eigenvalue weighted by Crippen LogP contribution is 2.30. The van der Waals surface area contributed by atoms with Crippen LogP contribution in [0.15, 0.2) is 27.6 Å². The molecule has 1 saturated carbocycles. The van der Waals surface area contributed by atoms with E-state index in [4.69, 9.17) is 4.42 Å². The number of rotatable bonds is 2. The van der Waals surface area contributed by atoms with Gasteiger partial charge in [-0.05, 0) is 25.7 Å². The number of fused-ring (bicyclic) bond motifs is 3. The molecule has 0 radical (unpaired) electrons. The lowest BCUT2D eigenvalue weighted by Gasteiger charge is -2.07. The molecule has 5 heteroatoms. The molecule has 3 heterocycles. The largest absolute Gasteiger partial charge is 0.463 e. The Morgan fingerprint density at radius 2 is 2.28 bits per heavy atom. The zero-order valence-electron chi connectivity index (χ0n) is 10.1. The minimum absolute atomic E-state index is 0.0288. The molecule has 0 unspecified atom stereocenters. The lowest BCUT2D eigenvalue weighted by molar-refractivity contribution is 0.522. The fourth-order valence-corrected chi connectivity index (χ4v) is 2.50. The first kappa shape index (κ1) is 9.94. The molecule has 0 spiro atoms. The van der Waals surface area contributed by atoms with Gasteiger partial charge in [-0.15, -0.1) is 0 Å². The third kappa shape index (κ3) is 1.27. The van der Waals surface area contributed by atoms with Crippen molar-refractivity contribution >= 4 is 16.6 Å². The van der Waals surface area contributed by atoms with E-state index in [0.29, 0.717) is 11.4 Å². The summed E-state index contributed by atoms with van der Waals surface area (Å²) in [6.07, 6.45) is 4.05. The average Bonchev–Trinajstić information content (AvgIpc) is 2.89. The molecule has 1 aliphatic rings. The summed E-state index contributed by atoms with van der Waals surface area (Å²) in [6.45, 7) is 2.66. The summed E-state index contributed by atoms with van der Waals surface area (Å²) in [4.78, 5) is 12.3. The maximum Gasteiger partial charge on any atom is 0.291 e. The van der Waals surface area contributed by atoms with E-state index in [1.807, 2.05) is 17.4 Å². The van der Waals surface area contributed by atoms with Crippen molar-refractivity contribution < 1.29 is 4.42 Å². The van der Waals surface area contributed by atoms with Crippen molar-refractivity contribution in [3.8, 4) is 0 Å². The molecule has 3 aromatic heterocycles. The molecule has 3 aromatic rings. The third-order valence-corrected chi connectivity index (χ3v) is 3.59. The molecule has 4 rings (SSSR count). The Hall–Kier alpha value is -2.04. The molecule has 5 nitrogen and oxygen atoms in total. The third-order valence-electron chi connectivity index (χ3n) is 3.59. The molecular weight excluding hydrogens is 230 g/mol. The van der Waals surface area contributed by atoms with Crippen molar-refractivity contribution in [1.82, 2.24) is 14.2 Å². The number of aryl methyl sites for hydroxylation is 1. The summed E-state index contributed by atoms with van der Waals surface area (Å²) in [5.74, 6) is 1.46. The zero-order valence-corrected chi connectivity index (χ0v) is 10.1. The maximum atomic E-state index is 12.3. The van der Waals surface area contributed by atoms with Gasteiger partial charge in [-0.1, -0.05) is 0 Å². The standard InChI is InChI=1S/C13H13N3O2/c1-8-14-15(7-9-2-3-9)13(17)11-6-12-10(16(8)11)4-5-18-12/h4-6,9H,2-3,7H2,1H3. The lowest BCUT2D eigenvalue weighted by atomic mass is 10.4. The normalized spacial score (nSPS) is 15.8. The molecule has 0 aromatic carbocycles. The van der Waals surface area contributed by atoms with Crippen LogP contribution in [0.4, 0.5) is 0 Å². The Morgan fingerprint density at radius 3 is 3.06 bits per heavy atom. The van der Waals surface area contributed by atoms with Crippen molar-refractivity contribution in [3.63, 3.8) is 0 Å². The van der Waals surface area contributed by atoms with Crippen LogP contribution in [-0.4, -0.2) is 14.2 Å². The smallest absolute Gasteiger partial charge is 0.291 e. The predicted octanol–water partition coefficient (Wildman–Crippen LogP) is 1.96. The first-order chi connectivity index (χ1) is 8.74. The second-order valence-corrected chi connectivity index (χ2v) is 5.01. The van der Waals surface area contributed by atoms with E-state index >= 15 is 0 Å². The molecule has 18 heavy (non-hydrogen) atoms. The highest BCUT2D eigenvalue weighted by atomic mass is 16.3. The molecule has 0 bridgehead atoms. The van der Waals surface area contributed by atoms with Crippen molar-refractivity contribution in [2.75, 3.05) is 0 Å². The van der Waals surface area contributed by atoms with Gasteiger partial charge in [0, 0.05) is 18.7 Å². The van der Waals surface area contributed by atoms with E-state index in [1.165, 1.54) is 12.8 Å². The number of hydrogen-bond acceptors (Lipinski definition) is 3. The van der Waals surface area contributed by atoms with Crippen molar-refractivity contribution in [2.45, 2.75) is 26.3 Å². The van der Waals surface area contributed by atoms with Crippen LogP contribution in [0.5, 0.6) is 0 Å². The minimum Gasteiger partial charge on any atom is -0.463 e. The van der Waals surface area contributed by atoms with Gasteiger partial charge in [-0.25, -0.2) is 4.68 Å². The molecular formula is C13H13N3O2. The van der Waals surface area contributed by atoms with E-state index in [9.17, 15) is 4.79 Å². The van der Waals surface area contributed by atoms with Crippen LogP contribution < -0.4 is 5.56 Å². The van der Waals surface area contributed by atoms with Gasteiger partial charge in [-0.2, -0.15) is 5.10 Å². The summed E-state index contributed by atoms with van der Waals surface area (Å²) in [5.41, 5.74) is 2.27. The van der Waals surface area contributed by atoms with Gasteiger partial charge in [0.25, 0.3) is 5.56 Å². The summed E-state index contributed by atoms with van der Waals surface area (Å²) in [6, 6.07) is 3.66. The van der Waals surface area contributed by atoms with Crippen LogP contribution >= 0.6 is 0 Å². The monoisotopic (exact) mass is 243 g/mol. The Labute approximate surface area is 103 Å². The van der Waals surface area contributed by atoms with E-state index in [1.54, 1.807) is 17.0 Å². The summed E-state index contributed by atoms with van der Waals surface area (Å²) in [5, 5.41) is 4.41. The zero-order chi connectivity index (χ0) is 12.3. The highest BCUT2D eigenvalue weighted by Gasteiger charge is 2.24. The Balaban J connectivity index is 2.06. The van der Waals surface area contributed by atoms with E-state index in [-0.39, 0.29) is 5.56 Å². The summed E-state index contributed by atoms with van der Waals surface area (Å²) >= 11 is 0. The van der Waals surface area contributed by atoms with Gasteiger partial charge in [0.05, 0.1) is 11.8 Å². The maximum absolute atomic E-state index is 12.3. The van der Waals surface area contributed by atoms with Gasteiger partial charge < -0.3 is 4.42 Å². The Bertz CT molecular complexity index is 805.